The second-order valence-electron chi connectivity index (χ2n) is 4.62. The maximum absolute atomic E-state index is 11.9. The van der Waals surface area contributed by atoms with Gasteiger partial charge < -0.3 is 5.32 Å². The fraction of sp³-hybridized carbons (Fsp3) is 0.308. The number of nitrogens with zero attached hydrogens (tertiary/aromatic N) is 3. The number of hydrogen-bond acceptors (Lipinski definition) is 3. The SMILES string of the molecule is Cc1nc(C(=O)NC(C)C)nn1-c1ccc(Cl)cc1Cl. The highest BCUT2D eigenvalue weighted by Gasteiger charge is 2.17. The Hall–Kier alpha value is -1.59. The van der Waals surface area contributed by atoms with Crippen molar-refractivity contribution in [3.8, 4) is 5.69 Å². The fourth-order valence-electron chi connectivity index (χ4n) is 1.69. The molecule has 0 spiro atoms. The standard InChI is InChI=1S/C13H14Cl2N4O/c1-7(2)16-13(20)12-17-8(3)19(18-12)11-5-4-9(14)6-10(11)15/h4-7H,1-3H3,(H,16,20). The van der Waals surface area contributed by atoms with Gasteiger partial charge in [-0.25, -0.2) is 9.67 Å². The molecule has 0 atom stereocenters. The number of benzene rings is 1. The van der Waals surface area contributed by atoms with Gasteiger partial charge in [-0.15, -0.1) is 5.10 Å². The Kier molecular flexibility index (Phi) is 4.30. The number of amides is 1. The first-order valence-electron chi connectivity index (χ1n) is 6.08. The fourth-order valence-corrected chi connectivity index (χ4v) is 2.18. The van der Waals surface area contributed by atoms with Crippen LogP contribution in [0.15, 0.2) is 18.2 Å². The highest BCUT2D eigenvalue weighted by atomic mass is 35.5. The number of hydrogen-bond donors (Lipinski definition) is 1. The zero-order valence-corrected chi connectivity index (χ0v) is 12.8. The van der Waals surface area contributed by atoms with Gasteiger partial charge in [-0.1, -0.05) is 23.2 Å². The Morgan fingerprint density at radius 3 is 2.65 bits per heavy atom. The predicted molar refractivity (Wildman–Crippen MR) is 78.7 cm³/mol. The van der Waals surface area contributed by atoms with Crippen LogP contribution in [0.3, 0.4) is 0 Å². The molecule has 2 aromatic rings. The van der Waals surface area contributed by atoms with Crippen molar-refractivity contribution in [3.63, 3.8) is 0 Å². The summed E-state index contributed by atoms with van der Waals surface area (Å²) in [6, 6.07) is 5.08. The first kappa shape index (κ1) is 14.8. The number of halogens is 2. The average Bonchev–Trinajstić information content (AvgIpc) is 2.70. The summed E-state index contributed by atoms with van der Waals surface area (Å²) in [6.07, 6.45) is 0. The maximum Gasteiger partial charge on any atom is 0.291 e. The van der Waals surface area contributed by atoms with Crippen molar-refractivity contribution in [2.24, 2.45) is 0 Å². The summed E-state index contributed by atoms with van der Waals surface area (Å²) in [5, 5.41) is 7.91. The van der Waals surface area contributed by atoms with E-state index in [1.165, 1.54) is 4.68 Å². The second-order valence-corrected chi connectivity index (χ2v) is 5.46. The molecule has 5 nitrogen and oxygen atoms in total. The van der Waals surface area contributed by atoms with E-state index in [1.807, 2.05) is 13.8 Å². The van der Waals surface area contributed by atoms with Crippen LogP contribution < -0.4 is 5.32 Å². The molecule has 20 heavy (non-hydrogen) atoms. The molecular weight excluding hydrogens is 299 g/mol. The molecule has 0 radical (unpaired) electrons. The molecule has 1 aromatic carbocycles. The average molecular weight is 313 g/mol. The minimum Gasteiger partial charge on any atom is -0.347 e. The van der Waals surface area contributed by atoms with Gasteiger partial charge in [-0.2, -0.15) is 0 Å². The van der Waals surface area contributed by atoms with E-state index in [-0.39, 0.29) is 17.8 Å². The smallest absolute Gasteiger partial charge is 0.291 e. The molecule has 1 aromatic heterocycles. The van der Waals surface area contributed by atoms with Gasteiger partial charge in [0, 0.05) is 11.1 Å². The van der Waals surface area contributed by atoms with Crippen molar-refractivity contribution in [2.75, 3.05) is 0 Å². The Bertz CT molecular complexity index is 652. The predicted octanol–water partition coefficient (Wildman–Crippen LogP) is 3.02. The first-order valence-corrected chi connectivity index (χ1v) is 6.84. The van der Waals surface area contributed by atoms with Gasteiger partial charge in [0.25, 0.3) is 5.91 Å². The summed E-state index contributed by atoms with van der Waals surface area (Å²) in [6.45, 7) is 5.50. The van der Waals surface area contributed by atoms with Crippen molar-refractivity contribution < 1.29 is 4.79 Å². The highest BCUT2D eigenvalue weighted by molar-refractivity contribution is 6.35. The van der Waals surface area contributed by atoms with Crippen LogP contribution in [0.2, 0.25) is 10.0 Å². The highest BCUT2D eigenvalue weighted by Crippen LogP contribution is 2.24. The molecule has 0 aliphatic rings. The molecular formula is C13H14Cl2N4O. The normalized spacial score (nSPS) is 10.9. The van der Waals surface area contributed by atoms with Crippen molar-refractivity contribution in [2.45, 2.75) is 26.8 Å². The molecule has 0 fully saturated rings. The molecule has 0 unspecified atom stereocenters. The van der Waals surface area contributed by atoms with E-state index in [4.69, 9.17) is 23.2 Å². The number of carbonyl (C=O) groups excluding carboxylic acids is 1. The van der Waals surface area contributed by atoms with Gasteiger partial charge in [-0.05, 0) is 39.0 Å². The van der Waals surface area contributed by atoms with E-state index in [1.54, 1.807) is 25.1 Å². The minimum atomic E-state index is -0.313. The van der Waals surface area contributed by atoms with Gasteiger partial charge in [0.05, 0.1) is 10.7 Å². The van der Waals surface area contributed by atoms with E-state index in [9.17, 15) is 4.79 Å². The zero-order valence-electron chi connectivity index (χ0n) is 11.3. The summed E-state index contributed by atoms with van der Waals surface area (Å²) in [7, 11) is 0. The monoisotopic (exact) mass is 312 g/mol. The Morgan fingerprint density at radius 2 is 2.05 bits per heavy atom. The number of aryl methyl sites for hydroxylation is 1. The van der Waals surface area contributed by atoms with Gasteiger partial charge in [0.1, 0.15) is 5.82 Å². The van der Waals surface area contributed by atoms with Gasteiger partial charge in [0.2, 0.25) is 5.82 Å². The summed E-state index contributed by atoms with van der Waals surface area (Å²) in [5.41, 5.74) is 0.629. The lowest BCUT2D eigenvalue weighted by Crippen LogP contribution is -2.31. The zero-order chi connectivity index (χ0) is 14.9. The van der Waals surface area contributed by atoms with Crippen molar-refractivity contribution in [3.05, 3.63) is 39.9 Å². The summed E-state index contributed by atoms with van der Waals surface area (Å²) in [4.78, 5) is 16.0. The molecule has 0 aliphatic carbocycles. The quantitative estimate of drug-likeness (QED) is 0.947. The molecule has 1 amide bonds. The van der Waals surface area contributed by atoms with Crippen LogP contribution in [0.1, 0.15) is 30.3 Å². The first-order chi connectivity index (χ1) is 9.38. The molecule has 1 N–H and O–H groups in total. The summed E-state index contributed by atoms with van der Waals surface area (Å²) >= 11 is 12.0. The molecule has 0 aliphatic heterocycles. The molecule has 0 bridgehead atoms. The Labute approximate surface area is 126 Å². The topological polar surface area (TPSA) is 59.8 Å². The van der Waals surface area contributed by atoms with Gasteiger partial charge in [-0.3, -0.25) is 4.79 Å². The third-order valence-electron chi connectivity index (χ3n) is 2.53. The second kappa shape index (κ2) is 5.81. The van der Waals surface area contributed by atoms with Crippen molar-refractivity contribution >= 4 is 29.1 Å². The Morgan fingerprint density at radius 1 is 1.35 bits per heavy atom. The van der Waals surface area contributed by atoms with Crippen LogP contribution in [0.4, 0.5) is 0 Å². The van der Waals surface area contributed by atoms with Crippen LogP contribution in [0.25, 0.3) is 5.69 Å². The lowest BCUT2D eigenvalue weighted by atomic mass is 10.3. The molecule has 106 valence electrons. The lowest BCUT2D eigenvalue weighted by Gasteiger charge is -2.06. The number of nitrogens with one attached hydrogen (secondary N) is 1. The number of carbonyl (C=O) groups is 1. The van der Waals surface area contributed by atoms with Crippen LogP contribution in [0.5, 0.6) is 0 Å². The number of aromatic nitrogens is 3. The molecule has 0 saturated carbocycles. The van der Waals surface area contributed by atoms with Crippen LogP contribution >= 0.6 is 23.2 Å². The lowest BCUT2D eigenvalue weighted by molar-refractivity contribution is 0.0932. The van der Waals surface area contributed by atoms with Crippen LogP contribution in [0, 0.1) is 6.92 Å². The van der Waals surface area contributed by atoms with Crippen LogP contribution in [-0.4, -0.2) is 26.7 Å². The van der Waals surface area contributed by atoms with E-state index < -0.39 is 0 Å². The summed E-state index contributed by atoms with van der Waals surface area (Å²) in [5.74, 6) is 0.372. The third kappa shape index (κ3) is 3.11. The molecule has 1 heterocycles. The van der Waals surface area contributed by atoms with E-state index in [2.05, 4.69) is 15.4 Å². The van der Waals surface area contributed by atoms with E-state index in [0.717, 1.165) is 0 Å². The summed E-state index contributed by atoms with van der Waals surface area (Å²) < 4.78 is 1.52. The van der Waals surface area contributed by atoms with Crippen molar-refractivity contribution in [1.29, 1.82) is 0 Å². The molecule has 7 heteroatoms. The van der Waals surface area contributed by atoms with E-state index in [0.29, 0.717) is 21.6 Å². The maximum atomic E-state index is 11.9. The van der Waals surface area contributed by atoms with Gasteiger partial charge >= 0.3 is 0 Å². The van der Waals surface area contributed by atoms with Crippen molar-refractivity contribution in [1.82, 2.24) is 20.1 Å². The molecule has 0 saturated heterocycles. The number of rotatable bonds is 3. The third-order valence-corrected chi connectivity index (χ3v) is 3.07. The Balaban J connectivity index is 2.39. The van der Waals surface area contributed by atoms with E-state index >= 15 is 0 Å². The van der Waals surface area contributed by atoms with Gasteiger partial charge in [0.15, 0.2) is 0 Å². The molecule has 2 rings (SSSR count). The minimum absolute atomic E-state index is 0.0221. The largest absolute Gasteiger partial charge is 0.347 e. The van der Waals surface area contributed by atoms with Crippen LogP contribution in [-0.2, 0) is 0 Å².